The lowest BCUT2D eigenvalue weighted by molar-refractivity contribution is 0.413. The van der Waals surface area contributed by atoms with Crippen LogP contribution in [0.25, 0.3) is 11.1 Å². The Kier molecular flexibility index (Phi) is 7.76. The van der Waals surface area contributed by atoms with Crippen LogP contribution in [-0.2, 0) is 6.54 Å². The van der Waals surface area contributed by atoms with Crippen LogP contribution in [0, 0.1) is 11.7 Å². The highest BCUT2D eigenvalue weighted by Gasteiger charge is 2.20. The molecule has 1 aromatic carbocycles. The number of ether oxygens (including phenoxy) is 1. The molecule has 1 N–H and O–H groups in total. The molecule has 0 spiro atoms. The maximum Gasteiger partial charge on any atom is 0.129 e. The summed E-state index contributed by atoms with van der Waals surface area (Å²) in [6.45, 7) is 1.88. The first-order valence-electron chi connectivity index (χ1n) is 7.25. The van der Waals surface area contributed by atoms with Crippen molar-refractivity contribution < 1.29 is 9.13 Å². The van der Waals surface area contributed by atoms with Gasteiger partial charge >= 0.3 is 0 Å². The van der Waals surface area contributed by atoms with E-state index in [1.807, 2.05) is 6.20 Å². The Balaban J connectivity index is 0.00000132. The first-order chi connectivity index (χ1) is 10.3. The van der Waals surface area contributed by atoms with Crippen molar-refractivity contribution in [3.63, 3.8) is 0 Å². The second-order valence-corrected chi connectivity index (χ2v) is 5.50. The van der Waals surface area contributed by atoms with Crippen LogP contribution >= 0.6 is 24.8 Å². The molecule has 0 saturated heterocycles. The number of methoxy groups -OCH3 is 1. The normalized spacial score (nSPS) is 13.0. The van der Waals surface area contributed by atoms with Gasteiger partial charge in [-0.3, -0.25) is 4.98 Å². The van der Waals surface area contributed by atoms with E-state index in [0.29, 0.717) is 5.75 Å². The summed E-state index contributed by atoms with van der Waals surface area (Å²) in [5.41, 5.74) is 2.92. The van der Waals surface area contributed by atoms with Gasteiger partial charge in [0.15, 0.2) is 0 Å². The molecular weight excluding hydrogens is 338 g/mol. The quantitative estimate of drug-likeness (QED) is 0.838. The molecule has 0 amide bonds. The van der Waals surface area contributed by atoms with E-state index >= 15 is 0 Å². The van der Waals surface area contributed by atoms with Crippen LogP contribution in [0.3, 0.4) is 0 Å². The Morgan fingerprint density at radius 3 is 2.70 bits per heavy atom. The molecule has 3 rings (SSSR count). The second kappa shape index (κ2) is 9.06. The predicted octanol–water partition coefficient (Wildman–Crippen LogP) is 4.24. The minimum absolute atomic E-state index is 0. The molecule has 2 aromatic rings. The number of nitrogens with zero attached hydrogens (tertiary/aromatic N) is 1. The monoisotopic (exact) mass is 358 g/mol. The number of hydrogen-bond acceptors (Lipinski definition) is 3. The molecular formula is C17H21Cl2FN2O. The Morgan fingerprint density at radius 2 is 2.00 bits per heavy atom. The van der Waals surface area contributed by atoms with E-state index in [0.717, 1.165) is 35.7 Å². The average molecular weight is 359 g/mol. The number of pyridine rings is 1. The summed E-state index contributed by atoms with van der Waals surface area (Å²) < 4.78 is 18.5. The predicted molar refractivity (Wildman–Crippen MR) is 95.1 cm³/mol. The van der Waals surface area contributed by atoms with Gasteiger partial charge in [0.2, 0.25) is 0 Å². The lowest BCUT2D eigenvalue weighted by Gasteiger charge is -2.10. The average Bonchev–Trinajstić information content (AvgIpc) is 3.31. The molecule has 1 aliphatic rings. The zero-order valence-corrected chi connectivity index (χ0v) is 14.6. The Hall–Kier alpha value is -1.36. The minimum Gasteiger partial charge on any atom is -0.496 e. The third-order valence-electron chi connectivity index (χ3n) is 3.73. The first kappa shape index (κ1) is 19.7. The van der Waals surface area contributed by atoms with Crippen molar-refractivity contribution >= 4 is 24.8 Å². The summed E-state index contributed by atoms with van der Waals surface area (Å²) in [5, 5.41) is 3.45. The molecule has 23 heavy (non-hydrogen) atoms. The van der Waals surface area contributed by atoms with Gasteiger partial charge in [-0.15, -0.1) is 24.8 Å². The van der Waals surface area contributed by atoms with E-state index in [2.05, 4.69) is 16.4 Å². The van der Waals surface area contributed by atoms with E-state index in [1.165, 1.54) is 25.0 Å². The highest BCUT2D eigenvalue weighted by molar-refractivity contribution is 5.85. The summed E-state index contributed by atoms with van der Waals surface area (Å²) in [7, 11) is 1.55. The summed E-state index contributed by atoms with van der Waals surface area (Å²) >= 11 is 0. The SMILES string of the molecule is COc1cc(F)ccc1-c1cncc(CNCC2CC2)c1.Cl.Cl. The smallest absolute Gasteiger partial charge is 0.129 e. The molecule has 0 radical (unpaired) electrons. The van der Waals surface area contributed by atoms with Gasteiger partial charge in [0.05, 0.1) is 7.11 Å². The lowest BCUT2D eigenvalue weighted by Crippen LogP contribution is -2.16. The van der Waals surface area contributed by atoms with Crippen LogP contribution in [0.1, 0.15) is 18.4 Å². The summed E-state index contributed by atoms with van der Waals surface area (Å²) in [5.74, 6) is 1.09. The van der Waals surface area contributed by atoms with E-state index in [9.17, 15) is 4.39 Å². The molecule has 1 fully saturated rings. The molecule has 0 aliphatic heterocycles. The molecule has 0 bridgehead atoms. The highest BCUT2D eigenvalue weighted by atomic mass is 35.5. The molecule has 1 saturated carbocycles. The maximum atomic E-state index is 13.3. The fourth-order valence-corrected chi connectivity index (χ4v) is 2.38. The number of hydrogen-bond donors (Lipinski definition) is 1. The number of halogens is 3. The van der Waals surface area contributed by atoms with Crippen molar-refractivity contribution in [3.05, 3.63) is 48.0 Å². The van der Waals surface area contributed by atoms with Gasteiger partial charge in [-0.05, 0) is 49.1 Å². The van der Waals surface area contributed by atoms with Crippen LogP contribution in [0.2, 0.25) is 0 Å². The van der Waals surface area contributed by atoms with Gasteiger partial charge in [-0.2, -0.15) is 0 Å². The number of rotatable bonds is 6. The van der Waals surface area contributed by atoms with Crippen molar-refractivity contribution in [2.24, 2.45) is 5.92 Å². The first-order valence-corrected chi connectivity index (χ1v) is 7.25. The van der Waals surface area contributed by atoms with Crippen molar-refractivity contribution in [2.45, 2.75) is 19.4 Å². The van der Waals surface area contributed by atoms with Gasteiger partial charge in [-0.25, -0.2) is 4.39 Å². The number of aromatic nitrogens is 1. The van der Waals surface area contributed by atoms with Crippen LogP contribution < -0.4 is 10.1 Å². The van der Waals surface area contributed by atoms with Crippen LogP contribution in [0.5, 0.6) is 5.75 Å². The van der Waals surface area contributed by atoms with Gasteiger partial charge in [-0.1, -0.05) is 0 Å². The highest BCUT2D eigenvalue weighted by Crippen LogP contribution is 2.30. The molecule has 1 aromatic heterocycles. The van der Waals surface area contributed by atoms with Gasteiger partial charge < -0.3 is 10.1 Å². The van der Waals surface area contributed by atoms with Crippen molar-refractivity contribution in [1.29, 1.82) is 0 Å². The summed E-state index contributed by atoms with van der Waals surface area (Å²) in [6, 6.07) is 6.64. The summed E-state index contributed by atoms with van der Waals surface area (Å²) in [4.78, 5) is 4.28. The Bertz CT molecular complexity index is 636. The zero-order valence-electron chi connectivity index (χ0n) is 12.9. The van der Waals surface area contributed by atoms with E-state index < -0.39 is 0 Å². The molecule has 6 heteroatoms. The number of benzene rings is 1. The van der Waals surface area contributed by atoms with E-state index in [1.54, 1.807) is 19.4 Å². The van der Waals surface area contributed by atoms with Crippen molar-refractivity contribution in [2.75, 3.05) is 13.7 Å². The fraction of sp³-hybridized carbons (Fsp3) is 0.353. The van der Waals surface area contributed by atoms with Crippen molar-refractivity contribution in [1.82, 2.24) is 10.3 Å². The van der Waals surface area contributed by atoms with Crippen LogP contribution in [0.4, 0.5) is 4.39 Å². The standard InChI is InChI=1S/C17H19FN2O.2ClH/c1-21-17-7-15(18)4-5-16(17)14-6-13(10-20-11-14)9-19-8-12-2-3-12;;/h4-7,10-12,19H,2-3,8-9H2,1H3;2*1H. The molecule has 3 nitrogen and oxygen atoms in total. The fourth-order valence-electron chi connectivity index (χ4n) is 2.38. The zero-order chi connectivity index (χ0) is 14.7. The van der Waals surface area contributed by atoms with E-state index in [-0.39, 0.29) is 30.6 Å². The molecule has 1 aliphatic carbocycles. The van der Waals surface area contributed by atoms with Crippen molar-refractivity contribution in [3.8, 4) is 16.9 Å². The van der Waals surface area contributed by atoms with Crippen LogP contribution in [-0.4, -0.2) is 18.6 Å². The lowest BCUT2D eigenvalue weighted by atomic mass is 10.0. The molecule has 126 valence electrons. The third-order valence-corrected chi connectivity index (χ3v) is 3.73. The van der Waals surface area contributed by atoms with Gasteiger partial charge in [0, 0.05) is 36.1 Å². The van der Waals surface area contributed by atoms with Gasteiger partial charge in [0.25, 0.3) is 0 Å². The molecule has 1 heterocycles. The Labute approximate surface area is 148 Å². The van der Waals surface area contributed by atoms with Crippen LogP contribution in [0.15, 0.2) is 36.7 Å². The topological polar surface area (TPSA) is 34.1 Å². The summed E-state index contributed by atoms with van der Waals surface area (Å²) in [6.07, 6.45) is 6.33. The molecule has 0 atom stereocenters. The van der Waals surface area contributed by atoms with E-state index in [4.69, 9.17) is 4.74 Å². The largest absolute Gasteiger partial charge is 0.496 e. The molecule has 0 unspecified atom stereocenters. The second-order valence-electron chi connectivity index (χ2n) is 5.50. The number of nitrogens with one attached hydrogen (secondary N) is 1. The Morgan fingerprint density at radius 1 is 1.22 bits per heavy atom. The minimum atomic E-state index is -0.300. The van der Waals surface area contributed by atoms with Gasteiger partial charge in [0.1, 0.15) is 11.6 Å². The third kappa shape index (κ3) is 5.34. The maximum absolute atomic E-state index is 13.3.